The van der Waals surface area contributed by atoms with E-state index in [-0.39, 0.29) is 15.6 Å². The molecule has 0 atom stereocenters. The number of nitrogens with one attached hydrogen (secondary N) is 1. The van der Waals surface area contributed by atoms with Crippen molar-refractivity contribution in [3.8, 4) is 16.8 Å². The first-order valence-corrected chi connectivity index (χ1v) is 10.1. The standard InChI is InChI=1S/C19H13Cl3N4O2S/c1-10-12(8-24-14-5-6-16(29-9-23)18(22)17(14)21)19(27)26(25-10)11-3-4-13(20)15(7-11)28-2/h3-8,25H,1-2H3. The number of benzene rings is 2. The molecule has 0 radical (unpaired) electrons. The number of nitriles is 1. The van der Waals surface area contributed by atoms with Crippen molar-refractivity contribution in [1.82, 2.24) is 9.78 Å². The number of hydrogen-bond acceptors (Lipinski definition) is 5. The summed E-state index contributed by atoms with van der Waals surface area (Å²) in [4.78, 5) is 17.7. The van der Waals surface area contributed by atoms with Crippen molar-refractivity contribution < 1.29 is 4.74 Å². The molecule has 0 bridgehead atoms. The van der Waals surface area contributed by atoms with Crippen LogP contribution in [0.5, 0.6) is 5.75 Å². The van der Waals surface area contributed by atoms with Gasteiger partial charge in [0, 0.05) is 22.9 Å². The van der Waals surface area contributed by atoms with Crippen molar-refractivity contribution in [2.24, 2.45) is 4.99 Å². The minimum Gasteiger partial charge on any atom is -0.495 e. The van der Waals surface area contributed by atoms with Crippen LogP contribution in [-0.4, -0.2) is 23.1 Å². The highest BCUT2D eigenvalue weighted by Gasteiger charge is 2.14. The lowest BCUT2D eigenvalue weighted by molar-refractivity contribution is 0.414. The van der Waals surface area contributed by atoms with Gasteiger partial charge in [-0.3, -0.25) is 14.9 Å². The second kappa shape index (κ2) is 8.97. The molecule has 0 aliphatic carbocycles. The van der Waals surface area contributed by atoms with E-state index >= 15 is 0 Å². The van der Waals surface area contributed by atoms with Crippen LogP contribution in [0.1, 0.15) is 11.3 Å². The lowest BCUT2D eigenvalue weighted by Crippen LogP contribution is -2.17. The number of H-pyrrole nitrogens is 1. The summed E-state index contributed by atoms with van der Waals surface area (Å²) in [7, 11) is 1.50. The Morgan fingerprint density at radius 3 is 2.69 bits per heavy atom. The van der Waals surface area contributed by atoms with E-state index in [4.69, 9.17) is 44.8 Å². The third-order valence-electron chi connectivity index (χ3n) is 4.02. The summed E-state index contributed by atoms with van der Waals surface area (Å²) >= 11 is 19.4. The molecule has 0 fully saturated rings. The number of aryl methyl sites for hydroxylation is 1. The van der Waals surface area contributed by atoms with Gasteiger partial charge in [-0.1, -0.05) is 34.8 Å². The van der Waals surface area contributed by atoms with E-state index in [2.05, 4.69) is 10.1 Å². The van der Waals surface area contributed by atoms with Crippen LogP contribution in [0.4, 0.5) is 5.69 Å². The molecular weight excluding hydrogens is 455 g/mol. The predicted octanol–water partition coefficient (Wildman–Crippen LogP) is 5.77. The molecular formula is C19H13Cl3N4O2S. The Labute approximate surface area is 185 Å². The van der Waals surface area contributed by atoms with Crippen LogP contribution in [0.15, 0.2) is 45.0 Å². The molecule has 0 saturated carbocycles. The molecule has 0 amide bonds. The fraction of sp³-hybridized carbons (Fsp3) is 0.105. The lowest BCUT2D eigenvalue weighted by Gasteiger charge is -2.06. The summed E-state index contributed by atoms with van der Waals surface area (Å²) in [5.41, 5.74) is 1.64. The number of rotatable bonds is 5. The monoisotopic (exact) mass is 466 g/mol. The van der Waals surface area contributed by atoms with E-state index < -0.39 is 0 Å². The van der Waals surface area contributed by atoms with Crippen molar-refractivity contribution in [2.45, 2.75) is 11.8 Å². The molecule has 3 rings (SSSR count). The number of thioether (sulfide) groups is 1. The quantitative estimate of drug-likeness (QED) is 0.293. The molecule has 1 heterocycles. The average Bonchev–Trinajstić information content (AvgIpc) is 2.99. The molecule has 0 aliphatic rings. The molecule has 1 N–H and O–H groups in total. The Hall–Kier alpha value is -2.37. The number of ether oxygens (including phenoxy) is 1. The van der Waals surface area contributed by atoms with Gasteiger partial charge in [0.2, 0.25) is 0 Å². The molecule has 3 aromatic rings. The van der Waals surface area contributed by atoms with Crippen LogP contribution >= 0.6 is 46.6 Å². The molecule has 1 aromatic heterocycles. The van der Waals surface area contributed by atoms with Crippen LogP contribution in [0, 0.1) is 17.6 Å². The summed E-state index contributed by atoms with van der Waals surface area (Å²) in [6.45, 7) is 1.76. The smallest absolute Gasteiger partial charge is 0.280 e. The van der Waals surface area contributed by atoms with Crippen molar-refractivity contribution in [1.29, 1.82) is 5.26 Å². The first-order chi connectivity index (χ1) is 13.9. The highest BCUT2D eigenvalue weighted by Crippen LogP contribution is 2.38. The van der Waals surface area contributed by atoms with E-state index in [1.807, 2.05) is 5.40 Å². The first-order valence-electron chi connectivity index (χ1n) is 8.11. The van der Waals surface area contributed by atoms with Crippen LogP contribution in [0.25, 0.3) is 5.69 Å². The summed E-state index contributed by atoms with van der Waals surface area (Å²) in [5.74, 6) is 0.454. The Morgan fingerprint density at radius 2 is 2.00 bits per heavy atom. The average molecular weight is 468 g/mol. The van der Waals surface area contributed by atoms with Crippen LogP contribution in [-0.2, 0) is 0 Å². The molecule has 10 heteroatoms. The third-order valence-corrected chi connectivity index (χ3v) is 5.97. The van der Waals surface area contributed by atoms with Crippen LogP contribution in [0.2, 0.25) is 15.1 Å². The summed E-state index contributed by atoms with van der Waals surface area (Å²) in [6, 6.07) is 8.29. The fourth-order valence-corrected chi connectivity index (χ4v) is 3.73. The molecule has 0 spiro atoms. The van der Waals surface area contributed by atoms with Crippen molar-refractivity contribution in [2.75, 3.05) is 7.11 Å². The van der Waals surface area contributed by atoms with Gasteiger partial charge in [-0.2, -0.15) is 5.26 Å². The maximum Gasteiger partial charge on any atom is 0.280 e. The zero-order valence-corrected chi connectivity index (χ0v) is 18.2. The minimum atomic E-state index is -0.297. The highest BCUT2D eigenvalue weighted by atomic mass is 35.5. The largest absolute Gasteiger partial charge is 0.495 e. The summed E-state index contributed by atoms with van der Waals surface area (Å²) in [6.07, 6.45) is 1.42. The van der Waals surface area contributed by atoms with Gasteiger partial charge in [0.15, 0.2) is 0 Å². The molecule has 0 saturated heterocycles. The first kappa shape index (κ1) is 21.3. The van der Waals surface area contributed by atoms with Gasteiger partial charge in [0.05, 0.1) is 39.1 Å². The summed E-state index contributed by atoms with van der Waals surface area (Å²) in [5, 5.41) is 14.6. The Morgan fingerprint density at radius 1 is 1.24 bits per heavy atom. The van der Waals surface area contributed by atoms with Gasteiger partial charge < -0.3 is 4.74 Å². The number of aromatic amines is 1. The zero-order chi connectivity index (χ0) is 21.1. The second-order valence-electron chi connectivity index (χ2n) is 5.77. The molecule has 0 unspecified atom stereocenters. The summed E-state index contributed by atoms with van der Waals surface area (Å²) < 4.78 is 6.58. The van der Waals surface area contributed by atoms with Crippen LogP contribution in [0.3, 0.4) is 0 Å². The molecule has 29 heavy (non-hydrogen) atoms. The molecule has 2 aromatic carbocycles. The van der Waals surface area contributed by atoms with E-state index in [0.717, 1.165) is 11.8 Å². The van der Waals surface area contributed by atoms with Crippen molar-refractivity contribution in [3.63, 3.8) is 0 Å². The minimum absolute atomic E-state index is 0.208. The Bertz CT molecular complexity index is 1210. The maximum absolute atomic E-state index is 12.9. The number of thiocyanates is 1. The van der Waals surface area contributed by atoms with E-state index in [1.165, 1.54) is 18.0 Å². The number of aliphatic imine (C=N–C) groups is 1. The van der Waals surface area contributed by atoms with E-state index in [9.17, 15) is 4.79 Å². The third kappa shape index (κ3) is 4.31. The lowest BCUT2D eigenvalue weighted by atomic mass is 10.2. The van der Waals surface area contributed by atoms with E-state index in [0.29, 0.717) is 38.3 Å². The topological polar surface area (TPSA) is 83.2 Å². The SMILES string of the molecule is COc1cc(-n2[nH]c(C)c(C=Nc3ccc(SC#N)c(Cl)c3Cl)c2=O)ccc1Cl. The number of nitrogens with zero attached hydrogens (tertiary/aromatic N) is 3. The molecule has 6 nitrogen and oxygen atoms in total. The number of halogens is 3. The number of aromatic nitrogens is 2. The Balaban J connectivity index is 1.99. The maximum atomic E-state index is 12.9. The number of methoxy groups -OCH3 is 1. The van der Waals surface area contributed by atoms with Gasteiger partial charge in [-0.15, -0.1) is 0 Å². The van der Waals surface area contributed by atoms with E-state index in [1.54, 1.807) is 37.3 Å². The fourth-order valence-electron chi connectivity index (χ4n) is 2.56. The second-order valence-corrected chi connectivity index (χ2v) is 7.76. The molecule has 148 valence electrons. The van der Waals surface area contributed by atoms with Crippen LogP contribution < -0.4 is 10.3 Å². The van der Waals surface area contributed by atoms with Gasteiger partial charge in [0.25, 0.3) is 5.56 Å². The normalized spacial score (nSPS) is 11.0. The Kier molecular flexibility index (Phi) is 6.60. The zero-order valence-electron chi connectivity index (χ0n) is 15.2. The van der Waals surface area contributed by atoms with Crippen molar-refractivity contribution in [3.05, 3.63) is 67.0 Å². The van der Waals surface area contributed by atoms with Gasteiger partial charge >= 0.3 is 0 Å². The number of hydrogen-bond donors (Lipinski definition) is 1. The van der Waals surface area contributed by atoms with Gasteiger partial charge in [-0.05, 0) is 43.0 Å². The van der Waals surface area contributed by atoms with Gasteiger partial charge in [0.1, 0.15) is 11.2 Å². The van der Waals surface area contributed by atoms with Crippen molar-refractivity contribution >= 4 is 58.5 Å². The molecule has 0 aliphatic heterocycles. The van der Waals surface area contributed by atoms with Gasteiger partial charge in [-0.25, -0.2) is 4.68 Å². The highest BCUT2D eigenvalue weighted by molar-refractivity contribution is 8.03. The predicted molar refractivity (Wildman–Crippen MR) is 118 cm³/mol.